The van der Waals surface area contributed by atoms with Gasteiger partial charge in [-0.2, -0.15) is 31.4 Å². The number of hydrogen-bond acceptors (Lipinski definition) is 7. The fraction of sp³-hybridized carbons (Fsp3) is 0.438. The summed E-state index contributed by atoms with van der Waals surface area (Å²) in [5.41, 5.74) is -3.81. The number of rotatable bonds is 4. The van der Waals surface area contributed by atoms with Crippen molar-refractivity contribution in [2.45, 2.75) is 12.4 Å². The first-order valence-corrected chi connectivity index (χ1v) is 8.78. The van der Waals surface area contributed by atoms with Crippen LogP contribution in [0.2, 0.25) is 0 Å². The van der Waals surface area contributed by atoms with Crippen molar-refractivity contribution in [1.82, 2.24) is 25.1 Å². The van der Waals surface area contributed by atoms with Crippen LogP contribution in [0.5, 0.6) is 0 Å². The number of anilines is 2. The van der Waals surface area contributed by atoms with Crippen LogP contribution in [0.4, 0.5) is 38.1 Å². The topological polar surface area (TPSA) is 107 Å². The molecule has 3 heterocycles. The van der Waals surface area contributed by atoms with E-state index < -0.39 is 34.9 Å². The Hall–Kier alpha value is -3.39. The Balaban J connectivity index is 1.53. The van der Waals surface area contributed by atoms with Crippen molar-refractivity contribution in [1.29, 1.82) is 0 Å². The number of aromatic nitrogens is 4. The van der Waals surface area contributed by atoms with E-state index in [0.29, 0.717) is 18.5 Å². The lowest BCUT2D eigenvalue weighted by atomic mass is 10.3. The second-order valence-corrected chi connectivity index (χ2v) is 6.48. The Labute approximate surface area is 170 Å². The van der Waals surface area contributed by atoms with Crippen LogP contribution in [-0.2, 0) is 17.1 Å². The summed E-state index contributed by atoms with van der Waals surface area (Å²) in [6.07, 6.45) is -8.06. The van der Waals surface area contributed by atoms with E-state index >= 15 is 0 Å². The SMILES string of the molecule is O=C(CNc1cc(C(F)(F)F)c(=O)[nH]n1)N1CCN(c2ncc(C(F)(F)F)cn2)CC1. The number of nitrogens with zero attached hydrogens (tertiary/aromatic N) is 5. The van der Waals surface area contributed by atoms with E-state index in [0.717, 1.165) is 0 Å². The first-order valence-electron chi connectivity index (χ1n) is 8.78. The van der Waals surface area contributed by atoms with Crippen LogP contribution in [0.25, 0.3) is 0 Å². The summed E-state index contributed by atoms with van der Waals surface area (Å²) in [6, 6.07) is 0.506. The summed E-state index contributed by atoms with van der Waals surface area (Å²) < 4.78 is 76.0. The van der Waals surface area contributed by atoms with Gasteiger partial charge in [0.05, 0.1) is 12.1 Å². The molecule has 31 heavy (non-hydrogen) atoms. The maximum atomic E-state index is 12.8. The molecule has 0 unspecified atom stereocenters. The van der Waals surface area contributed by atoms with Crippen molar-refractivity contribution in [2.24, 2.45) is 0 Å². The zero-order valence-corrected chi connectivity index (χ0v) is 15.6. The fourth-order valence-corrected chi connectivity index (χ4v) is 2.77. The lowest BCUT2D eigenvalue weighted by Gasteiger charge is -2.34. The summed E-state index contributed by atoms with van der Waals surface area (Å²) in [6.45, 7) is 0.557. The highest BCUT2D eigenvalue weighted by Gasteiger charge is 2.35. The second-order valence-electron chi connectivity index (χ2n) is 6.48. The predicted octanol–water partition coefficient (Wildman–Crippen LogP) is 1.36. The first-order chi connectivity index (χ1) is 14.4. The van der Waals surface area contributed by atoms with Crippen LogP contribution in [0.3, 0.4) is 0 Å². The van der Waals surface area contributed by atoms with Gasteiger partial charge in [0.25, 0.3) is 5.56 Å². The molecular weight excluding hydrogens is 436 g/mol. The van der Waals surface area contributed by atoms with E-state index in [2.05, 4.69) is 20.4 Å². The summed E-state index contributed by atoms with van der Waals surface area (Å²) in [5, 5.41) is 7.56. The number of halogens is 6. The Bertz CT molecular complexity index is 982. The minimum atomic E-state index is -4.87. The van der Waals surface area contributed by atoms with Crippen molar-refractivity contribution in [3.63, 3.8) is 0 Å². The summed E-state index contributed by atoms with van der Waals surface area (Å²) in [5.74, 6) is -0.665. The highest BCUT2D eigenvalue weighted by atomic mass is 19.4. The second kappa shape index (κ2) is 8.39. The third-order valence-corrected chi connectivity index (χ3v) is 4.41. The van der Waals surface area contributed by atoms with E-state index in [9.17, 15) is 35.9 Å². The van der Waals surface area contributed by atoms with Crippen molar-refractivity contribution < 1.29 is 31.1 Å². The molecule has 2 aromatic rings. The number of aromatic amines is 1. The highest BCUT2D eigenvalue weighted by molar-refractivity contribution is 5.80. The zero-order chi connectivity index (χ0) is 22.8. The Kier molecular flexibility index (Phi) is 6.03. The third-order valence-electron chi connectivity index (χ3n) is 4.41. The molecule has 1 aliphatic rings. The molecule has 1 saturated heterocycles. The Morgan fingerprint density at radius 1 is 1.03 bits per heavy atom. The highest BCUT2D eigenvalue weighted by Crippen LogP contribution is 2.29. The number of carbonyl (C=O) groups excluding carboxylic acids is 1. The number of H-pyrrole nitrogens is 1. The van der Waals surface area contributed by atoms with Crippen LogP contribution < -0.4 is 15.8 Å². The summed E-state index contributed by atoms with van der Waals surface area (Å²) in [4.78, 5) is 33.9. The molecular formula is C16H15F6N7O2. The van der Waals surface area contributed by atoms with E-state index in [-0.39, 0.29) is 44.5 Å². The predicted molar refractivity (Wildman–Crippen MR) is 94.2 cm³/mol. The minimum Gasteiger partial charge on any atom is -0.360 e. The number of amides is 1. The molecule has 168 valence electrons. The average molecular weight is 451 g/mol. The van der Waals surface area contributed by atoms with Crippen molar-refractivity contribution >= 4 is 17.7 Å². The van der Waals surface area contributed by atoms with Gasteiger partial charge in [0.15, 0.2) is 0 Å². The normalized spacial score (nSPS) is 15.2. The van der Waals surface area contributed by atoms with Gasteiger partial charge < -0.3 is 15.1 Å². The molecule has 0 radical (unpaired) electrons. The van der Waals surface area contributed by atoms with E-state index in [1.807, 2.05) is 0 Å². The molecule has 1 aliphatic heterocycles. The monoisotopic (exact) mass is 451 g/mol. The Morgan fingerprint density at radius 2 is 1.65 bits per heavy atom. The largest absolute Gasteiger partial charge is 0.421 e. The lowest BCUT2D eigenvalue weighted by molar-refractivity contribution is -0.139. The van der Waals surface area contributed by atoms with Gasteiger partial charge in [0.1, 0.15) is 11.4 Å². The van der Waals surface area contributed by atoms with Crippen molar-refractivity contribution in [3.8, 4) is 0 Å². The van der Waals surface area contributed by atoms with Gasteiger partial charge in [-0.3, -0.25) is 9.59 Å². The molecule has 9 nitrogen and oxygen atoms in total. The minimum absolute atomic E-state index is 0.0929. The smallest absolute Gasteiger partial charge is 0.360 e. The molecule has 2 aromatic heterocycles. The molecule has 2 N–H and O–H groups in total. The number of alkyl halides is 6. The molecule has 0 spiro atoms. The van der Waals surface area contributed by atoms with Gasteiger partial charge in [0.2, 0.25) is 11.9 Å². The molecule has 0 aromatic carbocycles. The Morgan fingerprint density at radius 3 is 2.19 bits per heavy atom. The van der Waals surface area contributed by atoms with Crippen LogP contribution in [0.15, 0.2) is 23.3 Å². The fourth-order valence-electron chi connectivity index (χ4n) is 2.77. The van der Waals surface area contributed by atoms with E-state index in [1.54, 1.807) is 10.00 Å². The van der Waals surface area contributed by atoms with Crippen molar-refractivity contribution in [2.75, 3.05) is 42.9 Å². The molecule has 0 saturated carbocycles. The molecule has 15 heteroatoms. The van der Waals surface area contributed by atoms with Gasteiger partial charge in [-0.1, -0.05) is 0 Å². The van der Waals surface area contributed by atoms with Gasteiger partial charge in [-0.15, -0.1) is 0 Å². The standard InChI is InChI=1S/C16H15F6N7O2/c17-15(18,19)9-6-24-14(25-7-9)29-3-1-28(2-4-29)12(30)8-23-11-5-10(16(20,21)22)13(31)27-26-11/h5-7H,1-4,8H2,(H,23,26)(H,27,31). The number of nitrogens with one attached hydrogen (secondary N) is 2. The molecule has 0 aliphatic carbocycles. The van der Waals surface area contributed by atoms with E-state index in [4.69, 9.17) is 0 Å². The van der Waals surface area contributed by atoms with Gasteiger partial charge in [-0.05, 0) is 0 Å². The van der Waals surface area contributed by atoms with E-state index in [1.165, 1.54) is 4.90 Å². The first kappa shape index (κ1) is 22.3. The van der Waals surface area contributed by atoms with Gasteiger partial charge >= 0.3 is 12.4 Å². The van der Waals surface area contributed by atoms with Crippen LogP contribution in [0.1, 0.15) is 11.1 Å². The lowest BCUT2D eigenvalue weighted by Crippen LogP contribution is -2.50. The number of hydrogen-bond donors (Lipinski definition) is 2. The van der Waals surface area contributed by atoms with Crippen LogP contribution >= 0.6 is 0 Å². The molecule has 3 rings (SSSR count). The maximum Gasteiger partial charge on any atom is 0.421 e. The summed E-state index contributed by atoms with van der Waals surface area (Å²) in [7, 11) is 0. The number of carbonyl (C=O) groups is 1. The molecule has 1 fully saturated rings. The number of piperazine rings is 1. The zero-order valence-electron chi connectivity index (χ0n) is 15.6. The van der Waals surface area contributed by atoms with Crippen LogP contribution in [0, 0.1) is 0 Å². The average Bonchev–Trinajstić information content (AvgIpc) is 2.71. The van der Waals surface area contributed by atoms with Crippen molar-refractivity contribution in [3.05, 3.63) is 39.9 Å². The molecule has 1 amide bonds. The van der Waals surface area contributed by atoms with Crippen LogP contribution in [-0.4, -0.2) is 63.7 Å². The summed E-state index contributed by atoms with van der Waals surface area (Å²) >= 11 is 0. The van der Waals surface area contributed by atoms with Gasteiger partial charge in [0, 0.05) is 44.6 Å². The molecule has 0 atom stereocenters. The maximum absolute atomic E-state index is 12.8. The van der Waals surface area contributed by atoms with Gasteiger partial charge in [-0.25, -0.2) is 15.1 Å². The third kappa shape index (κ3) is 5.40. The quantitative estimate of drug-likeness (QED) is 0.676. The molecule has 0 bridgehead atoms.